The molecule has 16 heavy (non-hydrogen) atoms. The molecule has 0 aromatic carbocycles. The quantitative estimate of drug-likeness (QED) is 0.814. The molecule has 1 atom stereocenters. The van der Waals surface area contributed by atoms with Gasteiger partial charge in [0.25, 0.3) is 10.0 Å². The zero-order chi connectivity index (χ0) is 11.6. The number of aromatic amines is 1. The molecule has 1 aliphatic heterocycles. The second kappa shape index (κ2) is 4.52. The average Bonchev–Trinajstić information content (AvgIpc) is 2.88. The predicted octanol–water partition coefficient (Wildman–Crippen LogP) is 0.0667. The lowest BCUT2D eigenvalue weighted by atomic mass is 10.1. The number of rotatable bonds is 4. The summed E-state index contributed by atoms with van der Waals surface area (Å²) in [5.41, 5.74) is 0. The zero-order valence-electron chi connectivity index (χ0n) is 9.09. The third-order valence-corrected chi connectivity index (χ3v) is 4.54. The van der Waals surface area contributed by atoms with E-state index in [4.69, 9.17) is 4.74 Å². The third-order valence-electron chi connectivity index (χ3n) is 2.74. The van der Waals surface area contributed by atoms with Crippen LogP contribution in [0.3, 0.4) is 0 Å². The van der Waals surface area contributed by atoms with Gasteiger partial charge in [-0.2, -0.15) is 9.40 Å². The van der Waals surface area contributed by atoms with E-state index >= 15 is 0 Å². The van der Waals surface area contributed by atoms with Crippen molar-refractivity contribution in [1.82, 2.24) is 14.5 Å². The molecule has 1 aliphatic rings. The van der Waals surface area contributed by atoms with Crippen LogP contribution in [-0.4, -0.2) is 49.7 Å². The maximum Gasteiger partial charge on any atom is 0.259 e. The Morgan fingerprint density at radius 3 is 3.12 bits per heavy atom. The van der Waals surface area contributed by atoms with E-state index in [1.165, 1.54) is 16.6 Å². The van der Waals surface area contributed by atoms with Crippen molar-refractivity contribution in [2.45, 2.75) is 11.4 Å². The van der Waals surface area contributed by atoms with Gasteiger partial charge in [-0.1, -0.05) is 0 Å². The van der Waals surface area contributed by atoms with E-state index in [0.717, 1.165) is 6.42 Å². The number of sulfonamides is 1. The molecule has 1 aromatic heterocycles. The Morgan fingerprint density at radius 1 is 1.69 bits per heavy atom. The van der Waals surface area contributed by atoms with Crippen molar-refractivity contribution in [1.29, 1.82) is 0 Å². The van der Waals surface area contributed by atoms with Crippen molar-refractivity contribution in [3.63, 3.8) is 0 Å². The summed E-state index contributed by atoms with van der Waals surface area (Å²) in [6, 6.07) is 1.47. The molecule has 1 aromatic rings. The summed E-state index contributed by atoms with van der Waals surface area (Å²) in [6.07, 6.45) is 2.29. The monoisotopic (exact) mass is 245 g/mol. The maximum absolute atomic E-state index is 12.1. The summed E-state index contributed by atoms with van der Waals surface area (Å²) in [5.74, 6) is 0.294. The van der Waals surface area contributed by atoms with E-state index < -0.39 is 10.0 Å². The molecular formula is C9H15N3O3S. The highest BCUT2D eigenvalue weighted by Gasteiger charge is 2.33. The number of nitrogens with zero attached hydrogens (tertiary/aromatic N) is 2. The molecule has 2 heterocycles. The molecular weight excluding hydrogens is 230 g/mol. The van der Waals surface area contributed by atoms with E-state index in [1.54, 1.807) is 7.11 Å². The molecule has 6 nitrogen and oxygen atoms in total. The van der Waals surface area contributed by atoms with Crippen LogP contribution in [-0.2, 0) is 14.8 Å². The lowest BCUT2D eigenvalue weighted by Gasteiger charge is -2.14. The number of nitrogens with one attached hydrogen (secondary N) is 1. The van der Waals surface area contributed by atoms with Crippen LogP contribution in [0.15, 0.2) is 17.3 Å². The molecule has 0 amide bonds. The summed E-state index contributed by atoms with van der Waals surface area (Å²) in [7, 11) is -1.76. The normalized spacial score (nSPS) is 22.7. The number of ether oxygens (including phenoxy) is 1. The largest absolute Gasteiger partial charge is 0.384 e. The van der Waals surface area contributed by atoms with Gasteiger partial charge < -0.3 is 4.74 Å². The van der Waals surface area contributed by atoms with Crippen molar-refractivity contribution >= 4 is 10.0 Å². The SMILES string of the molecule is COCC1CCN(S(=O)(=O)c2ccn[nH]2)C1. The number of methoxy groups -OCH3 is 1. The number of hydrogen-bond acceptors (Lipinski definition) is 4. The first-order chi connectivity index (χ1) is 7.64. The lowest BCUT2D eigenvalue weighted by Crippen LogP contribution is -2.29. The number of H-pyrrole nitrogens is 1. The van der Waals surface area contributed by atoms with Gasteiger partial charge in [0.05, 0.1) is 12.8 Å². The molecule has 1 N–H and O–H groups in total. The highest BCUT2D eigenvalue weighted by molar-refractivity contribution is 7.89. The molecule has 1 unspecified atom stereocenters. The molecule has 0 spiro atoms. The van der Waals surface area contributed by atoms with Crippen LogP contribution in [0.5, 0.6) is 0 Å². The molecule has 90 valence electrons. The van der Waals surface area contributed by atoms with Crippen molar-refractivity contribution in [3.8, 4) is 0 Å². The fourth-order valence-corrected chi connectivity index (χ4v) is 3.34. The summed E-state index contributed by atoms with van der Waals surface area (Å²) < 4.78 is 30.6. The van der Waals surface area contributed by atoms with Crippen LogP contribution in [0.25, 0.3) is 0 Å². The fraction of sp³-hybridized carbons (Fsp3) is 0.667. The lowest BCUT2D eigenvalue weighted by molar-refractivity contribution is 0.157. The molecule has 7 heteroatoms. The van der Waals surface area contributed by atoms with Gasteiger partial charge in [-0.05, 0) is 18.4 Å². The van der Waals surface area contributed by atoms with E-state index in [9.17, 15) is 8.42 Å². The molecule has 0 saturated carbocycles. The Hall–Kier alpha value is -0.920. The highest BCUT2D eigenvalue weighted by Crippen LogP contribution is 2.23. The molecule has 0 aliphatic carbocycles. The van der Waals surface area contributed by atoms with Gasteiger partial charge in [-0.3, -0.25) is 5.10 Å². The Labute approximate surface area is 94.6 Å². The van der Waals surface area contributed by atoms with Gasteiger partial charge in [0.1, 0.15) is 0 Å². The van der Waals surface area contributed by atoms with Crippen LogP contribution < -0.4 is 0 Å². The van der Waals surface area contributed by atoms with Gasteiger partial charge in [0, 0.05) is 20.2 Å². The second-order valence-electron chi connectivity index (χ2n) is 3.89. The van der Waals surface area contributed by atoms with Crippen molar-refractivity contribution in [2.24, 2.45) is 5.92 Å². The molecule has 0 radical (unpaired) electrons. The maximum atomic E-state index is 12.1. The van der Waals surface area contributed by atoms with Gasteiger partial charge in [0.2, 0.25) is 0 Å². The molecule has 1 saturated heterocycles. The van der Waals surface area contributed by atoms with E-state index in [2.05, 4.69) is 10.2 Å². The number of hydrogen-bond donors (Lipinski definition) is 1. The minimum atomic E-state index is -3.39. The average molecular weight is 245 g/mol. The molecule has 0 bridgehead atoms. The number of aromatic nitrogens is 2. The van der Waals surface area contributed by atoms with E-state index in [-0.39, 0.29) is 5.03 Å². The highest BCUT2D eigenvalue weighted by atomic mass is 32.2. The van der Waals surface area contributed by atoms with Crippen LogP contribution >= 0.6 is 0 Å². The van der Waals surface area contributed by atoms with Gasteiger partial charge in [0.15, 0.2) is 5.03 Å². The summed E-state index contributed by atoms with van der Waals surface area (Å²) in [4.78, 5) is 0. The van der Waals surface area contributed by atoms with E-state index in [0.29, 0.717) is 25.6 Å². The Bertz CT molecular complexity index is 429. The molecule has 2 rings (SSSR count). The summed E-state index contributed by atoms with van der Waals surface area (Å²) in [6.45, 7) is 1.68. The van der Waals surface area contributed by atoms with Crippen LogP contribution in [0.2, 0.25) is 0 Å². The van der Waals surface area contributed by atoms with Crippen LogP contribution in [0, 0.1) is 5.92 Å². The van der Waals surface area contributed by atoms with Gasteiger partial charge >= 0.3 is 0 Å². The predicted molar refractivity (Wildman–Crippen MR) is 57.3 cm³/mol. The summed E-state index contributed by atoms with van der Waals surface area (Å²) in [5, 5.41) is 6.31. The molecule has 1 fully saturated rings. The topological polar surface area (TPSA) is 75.3 Å². The minimum Gasteiger partial charge on any atom is -0.384 e. The van der Waals surface area contributed by atoms with Gasteiger partial charge in [-0.15, -0.1) is 0 Å². The fourth-order valence-electron chi connectivity index (χ4n) is 1.91. The van der Waals surface area contributed by atoms with Crippen molar-refractivity contribution in [3.05, 3.63) is 12.3 Å². The van der Waals surface area contributed by atoms with Crippen molar-refractivity contribution < 1.29 is 13.2 Å². The standard InChI is InChI=1S/C9H15N3O3S/c1-15-7-8-3-5-12(6-8)16(13,14)9-2-4-10-11-9/h2,4,8H,3,5-7H2,1H3,(H,10,11). The zero-order valence-corrected chi connectivity index (χ0v) is 9.90. The van der Waals surface area contributed by atoms with Crippen LogP contribution in [0.1, 0.15) is 6.42 Å². The third kappa shape index (κ3) is 2.11. The van der Waals surface area contributed by atoms with Crippen molar-refractivity contribution in [2.75, 3.05) is 26.8 Å². The Morgan fingerprint density at radius 2 is 2.50 bits per heavy atom. The first kappa shape index (κ1) is 11.6. The minimum absolute atomic E-state index is 0.158. The second-order valence-corrected chi connectivity index (χ2v) is 5.80. The first-order valence-electron chi connectivity index (χ1n) is 5.13. The summed E-state index contributed by atoms with van der Waals surface area (Å²) >= 11 is 0. The van der Waals surface area contributed by atoms with Crippen LogP contribution in [0.4, 0.5) is 0 Å². The van der Waals surface area contributed by atoms with E-state index in [1.807, 2.05) is 0 Å². The first-order valence-corrected chi connectivity index (χ1v) is 6.57. The smallest absolute Gasteiger partial charge is 0.259 e. The van der Waals surface area contributed by atoms with Gasteiger partial charge in [-0.25, -0.2) is 8.42 Å². The Kier molecular flexibility index (Phi) is 3.27. The Balaban J connectivity index is 2.10.